The topological polar surface area (TPSA) is 54.4 Å². The molecule has 0 aliphatic rings. The van der Waals surface area contributed by atoms with Crippen LogP contribution in [0.2, 0.25) is 0 Å². The molecule has 4 heteroatoms. The smallest absolute Gasteiger partial charge is 0.265 e. The number of hydrogen-bond acceptors (Lipinski definition) is 2. The van der Waals surface area contributed by atoms with Gasteiger partial charge in [0.15, 0.2) is 0 Å². The van der Waals surface area contributed by atoms with Crippen molar-refractivity contribution >= 4 is 10.1 Å². The lowest BCUT2D eigenvalue weighted by atomic mass is 10.1. The second kappa shape index (κ2) is 3.89. The van der Waals surface area contributed by atoms with Crippen LogP contribution in [0.1, 0.15) is 11.1 Å². The highest BCUT2D eigenvalue weighted by atomic mass is 32.2. The van der Waals surface area contributed by atoms with Crippen molar-refractivity contribution in [3.05, 3.63) is 35.4 Å². The molecule has 1 rings (SSSR count). The Morgan fingerprint density at radius 1 is 1.38 bits per heavy atom. The first-order valence-electron chi connectivity index (χ1n) is 3.98. The molecule has 0 spiro atoms. The molecule has 0 unspecified atom stereocenters. The third kappa shape index (κ3) is 4.05. The first kappa shape index (κ1) is 10.2. The molecule has 0 heterocycles. The van der Waals surface area contributed by atoms with Gasteiger partial charge >= 0.3 is 0 Å². The Bertz CT molecular complexity index is 382. The van der Waals surface area contributed by atoms with Gasteiger partial charge in [-0.25, -0.2) is 0 Å². The molecule has 0 bridgehead atoms. The Balaban J connectivity index is 2.65. The highest BCUT2D eigenvalue weighted by Gasteiger charge is 2.04. The molecule has 1 N–H and O–H groups in total. The van der Waals surface area contributed by atoms with Gasteiger partial charge in [0.1, 0.15) is 0 Å². The van der Waals surface area contributed by atoms with Gasteiger partial charge in [0.05, 0.1) is 5.75 Å². The van der Waals surface area contributed by atoms with E-state index in [2.05, 4.69) is 0 Å². The summed E-state index contributed by atoms with van der Waals surface area (Å²) in [6.45, 7) is 1.94. The summed E-state index contributed by atoms with van der Waals surface area (Å²) in [5.41, 5.74) is 2.02. The lowest BCUT2D eigenvalue weighted by Gasteiger charge is -2.00. The monoisotopic (exact) mass is 200 g/mol. The molecule has 13 heavy (non-hydrogen) atoms. The summed E-state index contributed by atoms with van der Waals surface area (Å²) in [5.74, 6) is -0.212. The molecule has 0 aliphatic carbocycles. The molecule has 0 saturated heterocycles. The maximum absolute atomic E-state index is 10.4. The van der Waals surface area contributed by atoms with E-state index in [4.69, 9.17) is 4.55 Å². The summed E-state index contributed by atoms with van der Waals surface area (Å²) in [5, 5.41) is 0. The molecular weight excluding hydrogens is 188 g/mol. The second-order valence-corrected chi connectivity index (χ2v) is 4.60. The van der Waals surface area contributed by atoms with Gasteiger partial charge in [-0.05, 0) is 18.9 Å². The number of aryl methyl sites for hydroxylation is 2. The molecule has 0 atom stereocenters. The van der Waals surface area contributed by atoms with Crippen LogP contribution in [0, 0.1) is 6.92 Å². The molecule has 0 aliphatic heterocycles. The van der Waals surface area contributed by atoms with Crippen molar-refractivity contribution in [2.75, 3.05) is 5.75 Å². The van der Waals surface area contributed by atoms with Crippen LogP contribution in [-0.4, -0.2) is 18.7 Å². The highest BCUT2D eigenvalue weighted by Crippen LogP contribution is 2.05. The van der Waals surface area contributed by atoms with Crippen LogP contribution >= 0.6 is 0 Å². The predicted octanol–water partition coefficient (Wildman–Crippen LogP) is 1.43. The van der Waals surface area contributed by atoms with Crippen molar-refractivity contribution in [2.24, 2.45) is 0 Å². The Labute approximate surface area is 78.2 Å². The fourth-order valence-electron chi connectivity index (χ4n) is 1.11. The Kier molecular flexibility index (Phi) is 3.06. The summed E-state index contributed by atoms with van der Waals surface area (Å²) in [6, 6.07) is 7.56. The van der Waals surface area contributed by atoms with E-state index in [0.29, 0.717) is 6.42 Å². The van der Waals surface area contributed by atoms with Gasteiger partial charge in [0.25, 0.3) is 10.1 Å². The third-order valence-electron chi connectivity index (χ3n) is 1.73. The maximum Gasteiger partial charge on any atom is 0.265 e. The van der Waals surface area contributed by atoms with Crippen molar-refractivity contribution in [2.45, 2.75) is 13.3 Å². The lowest BCUT2D eigenvalue weighted by Crippen LogP contribution is -2.06. The Hall–Kier alpha value is -0.870. The fourth-order valence-corrected chi connectivity index (χ4v) is 1.61. The van der Waals surface area contributed by atoms with E-state index < -0.39 is 10.1 Å². The average Bonchev–Trinajstić information content (AvgIpc) is 2.00. The van der Waals surface area contributed by atoms with E-state index >= 15 is 0 Å². The molecular formula is C9H12O3S. The predicted molar refractivity (Wildman–Crippen MR) is 51.3 cm³/mol. The molecule has 1 aromatic carbocycles. The average molecular weight is 200 g/mol. The van der Waals surface area contributed by atoms with Crippen LogP contribution < -0.4 is 0 Å². The summed E-state index contributed by atoms with van der Waals surface area (Å²) >= 11 is 0. The zero-order valence-corrected chi connectivity index (χ0v) is 8.21. The quantitative estimate of drug-likeness (QED) is 0.751. The number of hydrogen-bond donors (Lipinski definition) is 1. The number of rotatable bonds is 3. The zero-order valence-electron chi connectivity index (χ0n) is 7.40. The first-order chi connectivity index (χ1) is 5.97. The van der Waals surface area contributed by atoms with Crippen LogP contribution in [0.4, 0.5) is 0 Å². The van der Waals surface area contributed by atoms with Crippen molar-refractivity contribution in [1.82, 2.24) is 0 Å². The minimum Gasteiger partial charge on any atom is -0.286 e. The van der Waals surface area contributed by atoms with Crippen molar-refractivity contribution < 1.29 is 13.0 Å². The molecule has 0 radical (unpaired) electrons. The third-order valence-corrected chi connectivity index (χ3v) is 2.45. The van der Waals surface area contributed by atoms with Crippen molar-refractivity contribution in [3.63, 3.8) is 0 Å². The summed E-state index contributed by atoms with van der Waals surface area (Å²) < 4.78 is 29.4. The molecule has 3 nitrogen and oxygen atoms in total. The van der Waals surface area contributed by atoms with Gasteiger partial charge in [-0.15, -0.1) is 0 Å². The standard InChI is InChI=1S/C9H12O3S/c1-8-3-2-4-9(7-8)5-6-13(10,11)12/h2-4,7H,5-6H2,1H3,(H,10,11,12). The van der Waals surface area contributed by atoms with E-state index in [1.165, 1.54) is 0 Å². The minimum absolute atomic E-state index is 0.212. The molecule has 0 fully saturated rings. The minimum atomic E-state index is -3.84. The van der Waals surface area contributed by atoms with Gasteiger partial charge < -0.3 is 0 Å². The van der Waals surface area contributed by atoms with Crippen LogP contribution in [0.25, 0.3) is 0 Å². The SMILES string of the molecule is Cc1cccc(CCS(=O)(=O)O)c1. The first-order valence-corrected chi connectivity index (χ1v) is 5.59. The molecule has 1 aromatic rings. The van der Waals surface area contributed by atoms with Crippen LogP contribution in [-0.2, 0) is 16.5 Å². The molecule has 0 saturated carbocycles. The highest BCUT2D eigenvalue weighted by molar-refractivity contribution is 7.85. The van der Waals surface area contributed by atoms with Crippen LogP contribution in [0.5, 0.6) is 0 Å². The van der Waals surface area contributed by atoms with Gasteiger partial charge in [-0.1, -0.05) is 29.8 Å². The van der Waals surface area contributed by atoms with E-state index in [9.17, 15) is 8.42 Å². The lowest BCUT2D eigenvalue weighted by molar-refractivity contribution is 0.482. The van der Waals surface area contributed by atoms with Gasteiger partial charge in [0, 0.05) is 0 Å². The van der Waals surface area contributed by atoms with E-state index in [1.54, 1.807) is 0 Å². The molecule has 72 valence electrons. The largest absolute Gasteiger partial charge is 0.286 e. The summed E-state index contributed by atoms with van der Waals surface area (Å²) in [6.07, 6.45) is 0.362. The van der Waals surface area contributed by atoms with E-state index in [0.717, 1.165) is 11.1 Å². The molecule has 0 aromatic heterocycles. The summed E-state index contributed by atoms with van der Waals surface area (Å²) in [4.78, 5) is 0. The van der Waals surface area contributed by atoms with Crippen LogP contribution in [0.15, 0.2) is 24.3 Å². The normalized spacial score (nSPS) is 11.5. The van der Waals surface area contributed by atoms with Gasteiger partial charge in [-0.3, -0.25) is 4.55 Å². The Morgan fingerprint density at radius 2 is 2.08 bits per heavy atom. The van der Waals surface area contributed by atoms with Crippen LogP contribution in [0.3, 0.4) is 0 Å². The van der Waals surface area contributed by atoms with Crippen molar-refractivity contribution in [1.29, 1.82) is 0 Å². The Morgan fingerprint density at radius 3 is 2.62 bits per heavy atom. The maximum atomic E-state index is 10.4. The zero-order chi connectivity index (χ0) is 9.90. The van der Waals surface area contributed by atoms with E-state index in [1.807, 2.05) is 31.2 Å². The number of benzene rings is 1. The van der Waals surface area contributed by atoms with Crippen molar-refractivity contribution in [3.8, 4) is 0 Å². The van der Waals surface area contributed by atoms with Gasteiger partial charge in [-0.2, -0.15) is 8.42 Å². The second-order valence-electron chi connectivity index (χ2n) is 3.03. The molecule has 0 amide bonds. The van der Waals surface area contributed by atoms with E-state index in [-0.39, 0.29) is 5.75 Å². The fraction of sp³-hybridized carbons (Fsp3) is 0.333. The van der Waals surface area contributed by atoms with Gasteiger partial charge in [0.2, 0.25) is 0 Å². The summed E-state index contributed by atoms with van der Waals surface area (Å²) in [7, 11) is -3.84.